The Hall–Kier alpha value is -2.78. The minimum Gasteiger partial charge on any atom is -0.486 e. The van der Waals surface area contributed by atoms with E-state index in [0.717, 1.165) is 10.0 Å². The number of amides is 1. The average molecular weight is 429 g/mol. The lowest BCUT2D eigenvalue weighted by molar-refractivity contribution is -0.115. The van der Waals surface area contributed by atoms with Crippen molar-refractivity contribution in [3.8, 4) is 11.5 Å². The van der Waals surface area contributed by atoms with Crippen molar-refractivity contribution in [1.82, 2.24) is 10.2 Å². The first kappa shape index (κ1) is 19.5. The molecular formula is C20H20N4O3S2. The zero-order chi connectivity index (χ0) is 20.2. The predicted octanol–water partition coefficient (Wildman–Crippen LogP) is 4.48. The van der Waals surface area contributed by atoms with Crippen molar-refractivity contribution in [2.24, 2.45) is 0 Å². The van der Waals surface area contributed by atoms with Crippen LogP contribution in [-0.4, -0.2) is 34.6 Å². The fraction of sp³-hybridized carbons (Fsp3) is 0.250. The van der Waals surface area contributed by atoms with E-state index >= 15 is 0 Å². The standard InChI is InChI=1S/C20H20N4O3S2/c1-12-4-3-5-14(10-12)22-19-23-24-20(29-19)28-13(2)18(25)21-15-6-7-16-17(11-15)27-9-8-26-16/h3-7,10-11,13H,8-9H2,1-2H3,(H,21,25)(H,22,23). The van der Waals surface area contributed by atoms with Crippen molar-refractivity contribution in [1.29, 1.82) is 0 Å². The second-order valence-electron chi connectivity index (χ2n) is 6.48. The molecule has 1 aliphatic rings. The Kier molecular flexibility index (Phi) is 5.86. The Bertz CT molecular complexity index is 1020. The summed E-state index contributed by atoms with van der Waals surface area (Å²) >= 11 is 2.79. The van der Waals surface area contributed by atoms with Crippen LogP contribution in [0.3, 0.4) is 0 Å². The number of thioether (sulfide) groups is 1. The molecule has 29 heavy (non-hydrogen) atoms. The van der Waals surface area contributed by atoms with Crippen LogP contribution in [-0.2, 0) is 4.79 Å². The molecule has 0 bridgehead atoms. The average Bonchev–Trinajstić information content (AvgIpc) is 3.14. The van der Waals surface area contributed by atoms with E-state index in [2.05, 4.69) is 20.8 Å². The van der Waals surface area contributed by atoms with Gasteiger partial charge in [-0.05, 0) is 43.7 Å². The Morgan fingerprint density at radius 1 is 1.10 bits per heavy atom. The van der Waals surface area contributed by atoms with E-state index in [1.165, 1.54) is 28.7 Å². The highest BCUT2D eigenvalue weighted by Gasteiger charge is 2.19. The largest absolute Gasteiger partial charge is 0.486 e. The van der Waals surface area contributed by atoms with Crippen LogP contribution >= 0.6 is 23.1 Å². The molecule has 150 valence electrons. The van der Waals surface area contributed by atoms with Crippen molar-refractivity contribution in [2.75, 3.05) is 23.8 Å². The Morgan fingerprint density at radius 2 is 1.93 bits per heavy atom. The van der Waals surface area contributed by atoms with E-state index in [1.807, 2.05) is 38.1 Å². The molecule has 9 heteroatoms. The number of carbonyl (C=O) groups excluding carboxylic acids is 1. The molecule has 3 aromatic rings. The molecule has 0 spiro atoms. The second-order valence-corrected chi connectivity index (χ2v) is 9.04. The first-order chi connectivity index (χ1) is 14.1. The van der Waals surface area contributed by atoms with Gasteiger partial charge in [-0.15, -0.1) is 10.2 Å². The van der Waals surface area contributed by atoms with Gasteiger partial charge < -0.3 is 20.1 Å². The monoisotopic (exact) mass is 428 g/mol. The third-order valence-corrected chi connectivity index (χ3v) is 6.16. The topological polar surface area (TPSA) is 85.4 Å². The first-order valence-electron chi connectivity index (χ1n) is 9.11. The molecule has 2 aromatic carbocycles. The predicted molar refractivity (Wildman–Crippen MR) is 116 cm³/mol. The summed E-state index contributed by atoms with van der Waals surface area (Å²) in [6.07, 6.45) is 0. The molecule has 1 amide bonds. The van der Waals surface area contributed by atoms with Crippen LogP contribution in [0.5, 0.6) is 11.5 Å². The quantitative estimate of drug-likeness (QED) is 0.560. The maximum absolute atomic E-state index is 12.6. The molecule has 7 nitrogen and oxygen atoms in total. The molecule has 1 atom stereocenters. The number of carbonyl (C=O) groups is 1. The molecule has 4 rings (SSSR count). The number of hydrogen-bond donors (Lipinski definition) is 2. The third-order valence-electron chi connectivity index (χ3n) is 4.13. The van der Waals surface area contributed by atoms with Gasteiger partial charge in [0, 0.05) is 17.4 Å². The van der Waals surface area contributed by atoms with Crippen LogP contribution in [0.2, 0.25) is 0 Å². The highest BCUT2D eigenvalue weighted by atomic mass is 32.2. The zero-order valence-electron chi connectivity index (χ0n) is 16.0. The van der Waals surface area contributed by atoms with Crippen molar-refractivity contribution in [3.05, 3.63) is 48.0 Å². The van der Waals surface area contributed by atoms with Crippen LogP contribution in [0.4, 0.5) is 16.5 Å². The number of benzene rings is 2. The van der Waals surface area contributed by atoms with Crippen LogP contribution in [0.15, 0.2) is 46.8 Å². The second kappa shape index (κ2) is 8.71. The van der Waals surface area contributed by atoms with Crippen molar-refractivity contribution < 1.29 is 14.3 Å². The van der Waals surface area contributed by atoms with Gasteiger partial charge in [-0.2, -0.15) is 0 Å². The zero-order valence-corrected chi connectivity index (χ0v) is 17.6. The fourth-order valence-electron chi connectivity index (χ4n) is 2.72. The van der Waals surface area contributed by atoms with Crippen LogP contribution in [0.1, 0.15) is 12.5 Å². The Balaban J connectivity index is 1.35. The van der Waals surface area contributed by atoms with E-state index in [4.69, 9.17) is 9.47 Å². The summed E-state index contributed by atoms with van der Waals surface area (Å²) in [7, 11) is 0. The summed E-state index contributed by atoms with van der Waals surface area (Å²) in [5.74, 6) is 1.22. The van der Waals surface area contributed by atoms with E-state index in [1.54, 1.807) is 18.2 Å². The summed E-state index contributed by atoms with van der Waals surface area (Å²) in [5, 5.41) is 14.8. The number of nitrogens with one attached hydrogen (secondary N) is 2. The number of nitrogens with zero attached hydrogens (tertiary/aromatic N) is 2. The number of fused-ring (bicyclic) bond motifs is 1. The van der Waals surface area contributed by atoms with Crippen molar-refractivity contribution in [2.45, 2.75) is 23.4 Å². The SMILES string of the molecule is Cc1cccc(Nc2nnc(SC(C)C(=O)Nc3ccc4c(c3)OCCO4)s2)c1. The Morgan fingerprint density at radius 3 is 2.76 bits per heavy atom. The summed E-state index contributed by atoms with van der Waals surface area (Å²) in [4.78, 5) is 12.6. The van der Waals surface area contributed by atoms with E-state index < -0.39 is 0 Å². The summed E-state index contributed by atoms with van der Waals surface area (Å²) < 4.78 is 11.8. The van der Waals surface area contributed by atoms with Gasteiger partial charge in [-0.3, -0.25) is 4.79 Å². The van der Waals surface area contributed by atoms with E-state index in [9.17, 15) is 4.79 Å². The Labute approximate surface area is 176 Å². The molecule has 2 N–H and O–H groups in total. The highest BCUT2D eigenvalue weighted by molar-refractivity contribution is 8.02. The number of rotatable bonds is 6. The normalized spacial score (nSPS) is 13.6. The van der Waals surface area contributed by atoms with Gasteiger partial charge in [-0.1, -0.05) is 35.2 Å². The van der Waals surface area contributed by atoms with Gasteiger partial charge in [0.2, 0.25) is 11.0 Å². The lowest BCUT2D eigenvalue weighted by Gasteiger charge is -2.19. The van der Waals surface area contributed by atoms with Gasteiger partial charge in [0.15, 0.2) is 15.8 Å². The molecule has 0 aliphatic carbocycles. The lowest BCUT2D eigenvalue weighted by atomic mass is 10.2. The molecule has 0 fully saturated rings. The number of aryl methyl sites for hydroxylation is 1. The molecule has 1 unspecified atom stereocenters. The van der Waals surface area contributed by atoms with Crippen LogP contribution in [0, 0.1) is 6.92 Å². The third kappa shape index (κ3) is 4.99. The number of ether oxygens (including phenoxy) is 2. The van der Waals surface area contributed by atoms with E-state index in [-0.39, 0.29) is 11.2 Å². The number of aromatic nitrogens is 2. The van der Waals surface area contributed by atoms with Gasteiger partial charge in [0.05, 0.1) is 5.25 Å². The lowest BCUT2D eigenvalue weighted by Crippen LogP contribution is -2.22. The minimum absolute atomic E-state index is 0.116. The molecule has 1 aliphatic heterocycles. The minimum atomic E-state index is -0.331. The number of anilines is 3. The van der Waals surface area contributed by atoms with E-state index in [0.29, 0.717) is 35.5 Å². The fourth-order valence-corrected chi connectivity index (χ4v) is 4.64. The molecule has 0 radical (unpaired) electrons. The van der Waals surface area contributed by atoms with Crippen LogP contribution < -0.4 is 20.1 Å². The summed E-state index contributed by atoms with van der Waals surface area (Å²) in [6.45, 7) is 4.92. The molecule has 0 saturated heterocycles. The first-order valence-corrected chi connectivity index (χ1v) is 10.8. The van der Waals surface area contributed by atoms with Crippen molar-refractivity contribution in [3.63, 3.8) is 0 Å². The maximum atomic E-state index is 12.6. The highest BCUT2D eigenvalue weighted by Crippen LogP contribution is 2.34. The van der Waals surface area contributed by atoms with Gasteiger partial charge in [0.1, 0.15) is 13.2 Å². The van der Waals surface area contributed by atoms with Gasteiger partial charge in [0.25, 0.3) is 0 Å². The molecular weight excluding hydrogens is 408 g/mol. The molecule has 0 saturated carbocycles. The van der Waals surface area contributed by atoms with Gasteiger partial charge >= 0.3 is 0 Å². The maximum Gasteiger partial charge on any atom is 0.237 e. The summed E-state index contributed by atoms with van der Waals surface area (Å²) in [5.41, 5.74) is 2.80. The molecule has 2 heterocycles. The number of hydrogen-bond acceptors (Lipinski definition) is 8. The molecule has 1 aromatic heterocycles. The summed E-state index contributed by atoms with van der Waals surface area (Å²) in [6, 6.07) is 13.4. The van der Waals surface area contributed by atoms with Crippen molar-refractivity contribution >= 4 is 45.5 Å². The van der Waals surface area contributed by atoms with Crippen LogP contribution in [0.25, 0.3) is 0 Å². The smallest absolute Gasteiger partial charge is 0.237 e. The van der Waals surface area contributed by atoms with Gasteiger partial charge in [-0.25, -0.2) is 0 Å².